The Kier molecular flexibility index (Phi) is 6.18. The van der Waals surface area contributed by atoms with Gasteiger partial charge in [0.2, 0.25) is 9.84 Å². The zero-order valence-electron chi connectivity index (χ0n) is 19.4. The number of fused-ring (bicyclic) bond motifs is 2. The van der Waals surface area contributed by atoms with Crippen LogP contribution in [0.1, 0.15) is 17.3 Å². The summed E-state index contributed by atoms with van der Waals surface area (Å²) in [6, 6.07) is 20.0. The number of H-pyrrole nitrogens is 1. The average Bonchev–Trinajstić information content (AvgIpc) is 2.89. The van der Waals surface area contributed by atoms with Gasteiger partial charge < -0.3 is 9.72 Å². The van der Waals surface area contributed by atoms with Crippen molar-refractivity contribution in [2.45, 2.75) is 16.7 Å². The molecule has 5 rings (SSSR count). The van der Waals surface area contributed by atoms with E-state index in [1.807, 2.05) is 0 Å². The summed E-state index contributed by atoms with van der Waals surface area (Å²) in [6.45, 7) is 1.48. The van der Waals surface area contributed by atoms with Crippen LogP contribution in [0, 0.1) is 0 Å². The lowest BCUT2D eigenvalue weighted by atomic mass is 10.0. The van der Waals surface area contributed by atoms with Gasteiger partial charge in [0.1, 0.15) is 16.1 Å². The zero-order valence-corrected chi connectivity index (χ0v) is 21.0. The highest BCUT2D eigenvalue weighted by Gasteiger charge is 2.34. The van der Waals surface area contributed by atoms with Crippen LogP contribution in [0.25, 0.3) is 27.7 Å². The number of esters is 1. The fourth-order valence-electron chi connectivity index (χ4n) is 4.25. The molecular weight excluding hydrogens is 516 g/mol. The molecule has 0 aliphatic rings. The van der Waals surface area contributed by atoms with Gasteiger partial charge in [0.15, 0.2) is 0 Å². The van der Waals surface area contributed by atoms with Gasteiger partial charge in [-0.3, -0.25) is 9.59 Å². The standard InChI is InChI=1S/C27H19ClN2O6S/c1-2-36-27(33)22-21(16-12-14-17(28)15-13-16)23(37(34,35)18-8-4-3-5-9-18)24-29-20-11-7-6-10-19(20)25(31)30(24)26(22)32/h3-15,29H,2H2,1H3. The number of ether oxygens (including phenoxy) is 1. The van der Waals surface area contributed by atoms with Gasteiger partial charge in [0.25, 0.3) is 11.1 Å². The normalized spacial score (nSPS) is 11.6. The maximum Gasteiger partial charge on any atom is 0.344 e. The highest BCUT2D eigenvalue weighted by Crippen LogP contribution is 2.36. The molecule has 0 fully saturated rings. The quantitative estimate of drug-likeness (QED) is 0.263. The number of sulfone groups is 1. The van der Waals surface area contributed by atoms with E-state index in [1.165, 1.54) is 42.5 Å². The van der Waals surface area contributed by atoms with Gasteiger partial charge in [0.05, 0.1) is 22.4 Å². The Morgan fingerprint density at radius 2 is 1.57 bits per heavy atom. The molecule has 37 heavy (non-hydrogen) atoms. The first-order chi connectivity index (χ1) is 17.8. The predicted octanol–water partition coefficient (Wildman–Crippen LogP) is 4.47. The summed E-state index contributed by atoms with van der Waals surface area (Å²) in [5.74, 6) is -1.05. The fraction of sp³-hybridized carbons (Fsp3) is 0.0741. The van der Waals surface area contributed by atoms with Crippen LogP contribution in [0.15, 0.2) is 98.2 Å². The molecule has 186 valence electrons. The number of pyridine rings is 1. The van der Waals surface area contributed by atoms with E-state index in [9.17, 15) is 22.8 Å². The smallest absolute Gasteiger partial charge is 0.344 e. The van der Waals surface area contributed by atoms with Crippen molar-refractivity contribution in [1.82, 2.24) is 9.38 Å². The monoisotopic (exact) mass is 534 g/mol. The van der Waals surface area contributed by atoms with Crippen LogP contribution in [0.5, 0.6) is 0 Å². The Bertz CT molecular complexity index is 1910. The number of hydrogen-bond donors (Lipinski definition) is 1. The minimum Gasteiger partial charge on any atom is -0.462 e. The van der Waals surface area contributed by atoms with Crippen molar-refractivity contribution in [1.29, 1.82) is 0 Å². The Labute approximate surface area is 215 Å². The third-order valence-electron chi connectivity index (χ3n) is 5.88. The second-order valence-electron chi connectivity index (χ2n) is 8.09. The summed E-state index contributed by atoms with van der Waals surface area (Å²) in [6.07, 6.45) is 0. The SMILES string of the molecule is CCOC(=O)c1c(-c2ccc(Cl)cc2)c(S(=O)(=O)c2ccccc2)c2[nH]c3ccccc3c(=O)n2c1=O. The molecule has 0 aliphatic carbocycles. The number of carbonyl (C=O) groups is 1. The molecule has 2 heterocycles. The van der Waals surface area contributed by atoms with E-state index in [0.717, 1.165) is 0 Å². The molecule has 2 aromatic heterocycles. The number of carbonyl (C=O) groups excluding carboxylic acids is 1. The van der Waals surface area contributed by atoms with Crippen LogP contribution in [-0.4, -0.2) is 30.4 Å². The van der Waals surface area contributed by atoms with Crippen molar-refractivity contribution >= 4 is 44.0 Å². The van der Waals surface area contributed by atoms with Gasteiger partial charge >= 0.3 is 5.97 Å². The van der Waals surface area contributed by atoms with E-state index in [0.29, 0.717) is 14.9 Å². The van der Waals surface area contributed by atoms with E-state index in [2.05, 4.69) is 4.98 Å². The van der Waals surface area contributed by atoms with Crippen molar-refractivity contribution in [3.8, 4) is 11.1 Å². The van der Waals surface area contributed by atoms with Crippen molar-refractivity contribution in [2.24, 2.45) is 0 Å². The lowest BCUT2D eigenvalue weighted by Crippen LogP contribution is -2.34. The number of benzene rings is 3. The first kappa shape index (κ1) is 24.5. The van der Waals surface area contributed by atoms with E-state index in [1.54, 1.807) is 43.3 Å². The third kappa shape index (κ3) is 4.02. The lowest BCUT2D eigenvalue weighted by molar-refractivity contribution is 0.0524. The van der Waals surface area contributed by atoms with Crippen molar-refractivity contribution in [3.05, 3.63) is 110 Å². The zero-order chi connectivity index (χ0) is 26.3. The maximum absolute atomic E-state index is 14.2. The lowest BCUT2D eigenvalue weighted by Gasteiger charge is -2.18. The van der Waals surface area contributed by atoms with Gasteiger partial charge in [0, 0.05) is 10.6 Å². The second kappa shape index (κ2) is 9.34. The summed E-state index contributed by atoms with van der Waals surface area (Å²) < 4.78 is 34.2. The number of nitrogens with zero attached hydrogens (tertiary/aromatic N) is 1. The molecule has 8 nitrogen and oxygen atoms in total. The van der Waals surface area contributed by atoms with Crippen LogP contribution in [0.2, 0.25) is 5.02 Å². The number of aromatic amines is 1. The molecule has 0 atom stereocenters. The summed E-state index contributed by atoms with van der Waals surface area (Å²) in [5, 5.41) is 0.514. The van der Waals surface area contributed by atoms with Crippen molar-refractivity contribution in [3.63, 3.8) is 0 Å². The molecule has 0 amide bonds. The first-order valence-corrected chi connectivity index (χ1v) is 13.1. The number of halogens is 1. The second-order valence-corrected chi connectivity index (χ2v) is 10.4. The minimum atomic E-state index is -4.40. The van der Waals surface area contributed by atoms with E-state index in [-0.39, 0.29) is 33.7 Å². The summed E-state index contributed by atoms with van der Waals surface area (Å²) in [5.41, 5.74) is -2.25. The van der Waals surface area contributed by atoms with Gasteiger partial charge in [-0.05, 0) is 48.9 Å². The minimum absolute atomic E-state index is 0.0735. The fourth-order valence-corrected chi connectivity index (χ4v) is 6.01. The number of para-hydroxylation sites is 1. The average molecular weight is 535 g/mol. The van der Waals surface area contributed by atoms with Crippen LogP contribution in [0.4, 0.5) is 0 Å². The summed E-state index contributed by atoms with van der Waals surface area (Å²) in [7, 11) is -4.40. The van der Waals surface area contributed by atoms with Crippen LogP contribution in [-0.2, 0) is 14.6 Å². The largest absolute Gasteiger partial charge is 0.462 e. The Hall–Kier alpha value is -4.21. The number of nitrogens with one attached hydrogen (secondary N) is 1. The van der Waals surface area contributed by atoms with Crippen molar-refractivity contribution in [2.75, 3.05) is 6.61 Å². The summed E-state index contributed by atoms with van der Waals surface area (Å²) >= 11 is 6.07. The highest BCUT2D eigenvalue weighted by molar-refractivity contribution is 7.91. The molecule has 0 aliphatic heterocycles. The topological polar surface area (TPSA) is 115 Å². The Balaban J connectivity index is 2.11. The maximum atomic E-state index is 14.2. The Morgan fingerprint density at radius 3 is 2.24 bits per heavy atom. The van der Waals surface area contributed by atoms with Crippen LogP contribution >= 0.6 is 11.6 Å². The van der Waals surface area contributed by atoms with Gasteiger partial charge in [-0.1, -0.05) is 54.1 Å². The van der Waals surface area contributed by atoms with E-state index in [4.69, 9.17) is 16.3 Å². The Morgan fingerprint density at radius 1 is 0.919 bits per heavy atom. The molecule has 10 heteroatoms. The molecule has 0 radical (unpaired) electrons. The predicted molar refractivity (Wildman–Crippen MR) is 140 cm³/mol. The van der Waals surface area contributed by atoms with Crippen molar-refractivity contribution < 1.29 is 17.9 Å². The number of rotatable bonds is 5. The third-order valence-corrected chi connectivity index (χ3v) is 7.96. The number of hydrogen-bond acceptors (Lipinski definition) is 6. The molecule has 0 spiro atoms. The summed E-state index contributed by atoms with van der Waals surface area (Å²) in [4.78, 5) is 43.0. The van der Waals surface area contributed by atoms with E-state index < -0.39 is 37.4 Å². The van der Waals surface area contributed by atoms with Crippen LogP contribution in [0.3, 0.4) is 0 Å². The van der Waals surface area contributed by atoms with E-state index >= 15 is 0 Å². The van der Waals surface area contributed by atoms with Crippen LogP contribution < -0.4 is 11.1 Å². The van der Waals surface area contributed by atoms with Gasteiger partial charge in [-0.2, -0.15) is 0 Å². The van der Waals surface area contributed by atoms with Gasteiger partial charge in [-0.25, -0.2) is 17.6 Å². The highest BCUT2D eigenvalue weighted by atomic mass is 35.5. The number of aromatic nitrogens is 2. The molecule has 1 N–H and O–H groups in total. The molecular formula is C27H19ClN2O6S. The molecule has 0 saturated heterocycles. The molecule has 0 saturated carbocycles. The first-order valence-electron chi connectivity index (χ1n) is 11.2. The molecule has 0 bridgehead atoms. The molecule has 5 aromatic rings. The molecule has 0 unspecified atom stereocenters. The molecule has 3 aromatic carbocycles. The van der Waals surface area contributed by atoms with Gasteiger partial charge in [-0.15, -0.1) is 0 Å².